The molecule has 0 saturated heterocycles. The Kier molecular flexibility index (Phi) is 4.76. The molecule has 0 radical (unpaired) electrons. The van der Waals surface area contributed by atoms with Crippen LogP contribution in [0.3, 0.4) is 0 Å². The summed E-state index contributed by atoms with van der Waals surface area (Å²) in [6.45, 7) is 6.46. The number of hydrogen-bond donors (Lipinski definition) is 1. The molecule has 0 fully saturated rings. The minimum absolute atomic E-state index is 0.446. The van der Waals surface area contributed by atoms with Crippen LogP contribution in [0.25, 0.3) is 0 Å². The summed E-state index contributed by atoms with van der Waals surface area (Å²) >= 11 is 8.57. The lowest BCUT2D eigenvalue weighted by molar-refractivity contribution is 0.0554. The van der Waals surface area contributed by atoms with Crippen molar-refractivity contribution in [1.82, 2.24) is 9.78 Å². The van der Waals surface area contributed by atoms with E-state index in [1.807, 2.05) is 49.7 Å². The van der Waals surface area contributed by atoms with Crippen LogP contribution in [0.2, 0.25) is 5.02 Å². The molecular weight excluding hydrogens is 387 g/mol. The van der Waals surface area contributed by atoms with Crippen LogP contribution in [-0.2, 0) is 18.6 Å². The number of hydrogen-bond acceptors (Lipinski definition) is 2. The van der Waals surface area contributed by atoms with E-state index >= 15 is 0 Å². The van der Waals surface area contributed by atoms with Gasteiger partial charge >= 0.3 is 0 Å². The van der Waals surface area contributed by atoms with E-state index in [-0.39, 0.29) is 0 Å². The Morgan fingerprint density at radius 1 is 1.35 bits per heavy atom. The molecule has 0 saturated carbocycles. The Bertz CT molecular complexity index is 605. The van der Waals surface area contributed by atoms with Gasteiger partial charge in [0.2, 0.25) is 0 Å². The van der Waals surface area contributed by atoms with Gasteiger partial charge in [-0.1, -0.05) is 23.7 Å². The first-order chi connectivity index (χ1) is 9.35. The van der Waals surface area contributed by atoms with Crippen LogP contribution in [-0.4, -0.2) is 14.9 Å². The lowest BCUT2D eigenvalue weighted by Crippen LogP contribution is -2.26. The predicted octanol–water partition coefficient (Wildman–Crippen LogP) is 3.92. The van der Waals surface area contributed by atoms with Gasteiger partial charge in [0.1, 0.15) is 0 Å². The van der Waals surface area contributed by atoms with E-state index in [2.05, 4.69) is 27.7 Å². The average Bonchev–Trinajstić information content (AvgIpc) is 2.66. The van der Waals surface area contributed by atoms with Gasteiger partial charge in [-0.25, -0.2) is 0 Å². The fourth-order valence-electron chi connectivity index (χ4n) is 2.27. The third kappa shape index (κ3) is 3.18. The summed E-state index contributed by atoms with van der Waals surface area (Å²) in [5.74, 6) is 0. The zero-order chi connectivity index (χ0) is 14.9. The first-order valence-electron chi connectivity index (χ1n) is 6.55. The SMILES string of the molecule is CCn1nc(C)c(Cl)c1CC(C)(O)c1ccc(I)cc1. The predicted molar refractivity (Wildman–Crippen MR) is 90.1 cm³/mol. The second-order valence-electron chi connectivity index (χ2n) is 5.12. The molecule has 108 valence electrons. The molecular formula is C15H18ClIN2O. The van der Waals surface area contributed by atoms with Crippen LogP contribution in [0.4, 0.5) is 0 Å². The highest BCUT2D eigenvalue weighted by Crippen LogP contribution is 2.30. The van der Waals surface area contributed by atoms with Crippen molar-refractivity contribution in [2.45, 2.75) is 39.3 Å². The number of aryl methyl sites for hydroxylation is 2. The van der Waals surface area contributed by atoms with Gasteiger partial charge in [0.25, 0.3) is 0 Å². The lowest BCUT2D eigenvalue weighted by atomic mass is 9.91. The summed E-state index contributed by atoms with van der Waals surface area (Å²) in [6, 6.07) is 7.90. The van der Waals surface area contributed by atoms with Gasteiger partial charge in [0.15, 0.2) is 0 Å². The zero-order valence-electron chi connectivity index (χ0n) is 11.8. The molecule has 0 aliphatic heterocycles. The summed E-state index contributed by atoms with van der Waals surface area (Å²) in [6.07, 6.45) is 0.446. The van der Waals surface area contributed by atoms with Gasteiger partial charge in [0.05, 0.1) is 22.0 Å². The number of aromatic nitrogens is 2. The first kappa shape index (κ1) is 15.8. The molecule has 2 aromatic rings. The maximum atomic E-state index is 10.8. The first-order valence-corrected chi connectivity index (χ1v) is 8.01. The van der Waals surface area contributed by atoms with Crippen molar-refractivity contribution in [3.63, 3.8) is 0 Å². The second kappa shape index (κ2) is 6.03. The maximum Gasteiger partial charge on any atom is 0.0924 e. The van der Waals surface area contributed by atoms with Crippen molar-refractivity contribution in [2.75, 3.05) is 0 Å². The summed E-state index contributed by atoms with van der Waals surface area (Å²) in [4.78, 5) is 0. The Morgan fingerprint density at radius 3 is 2.50 bits per heavy atom. The monoisotopic (exact) mass is 404 g/mol. The highest BCUT2D eigenvalue weighted by Gasteiger charge is 2.27. The van der Waals surface area contributed by atoms with Crippen LogP contribution in [0.5, 0.6) is 0 Å². The van der Waals surface area contributed by atoms with Gasteiger partial charge in [-0.3, -0.25) is 4.68 Å². The van der Waals surface area contributed by atoms with Crippen LogP contribution >= 0.6 is 34.2 Å². The highest BCUT2D eigenvalue weighted by atomic mass is 127. The molecule has 0 bridgehead atoms. The second-order valence-corrected chi connectivity index (χ2v) is 6.74. The van der Waals surface area contributed by atoms with E-state index < -0.39 is 5.60 Å². The molecule has 0 aliphatic carbocycles. The van der Waals surface area contributed by atoms with Crippen LogP contribution in [0, 0.1) is 10.5 Å². The minimum Gasteiger partial charge on any atom is -0.385 e. The van der Waals surface area contributed by atoms with Crippen molar-refractivity contribution in [3.05, 3.63) is 49.8 Å². The highest BCUT2D eigenvalue weighted by molar-refractivity contribution is 14.1. The molecule has 1 heterocycles. The van der Waals surface area contributed by atoms with Crippen molar-refractivity contribution < 1.29 is 5.11 Å². The minimum atomic E-state index is -0.965. The third-order valence-corrected chi connectivity index (χ3v) is 4.64. The zero-order valence-corrected chi connectivity index (χ0v) is 14.7. The topological polar surface area (TPSA) is 38.0 Å². The molecule has 0 aliphatic rings. The molecule has 3 nitrogen and oxygen atoms in total. The number of aliphatic hydroxyl groups is 1. The summed E-state index contributed by atoms with van der Waals surface area (Å²) in [5, 5.41) is 15.8. The molecule has 0 amide bonds. The van der Waals surface area contributed by atoms with Gasteiger partial charge in [-0.2, -0.15) is 5.10 Å². The van der Waals surface area contributed by atoms with Crippen LogP contribution in [0.1, 0.15) is 30.8 Å². The molecule has 20 heavy (non-hydrogen) atoms. The number of nitrogens with zero attached hydrogens (tertiary/aromatic N) is 2. The quantitative estimate of drug-likeness (QED) is 0.784. The Balaban J connectivity index is 2.35. The lowest BCUT2D eigenvalue weighted by Gasteiger charge is -2.24. The normalized spacial score (nSPS) is 14.3. The van der Waals surface area contributed by atoms with Crippen LogP contribution < -0.4 is 0 Å². The average molecular weight is 405 g/mol. The van der Waals surface area contributed by atoms with Crippen LogP contribution in [0.15, 0.2) is 24.3 Å². The third-order valence-electron chi connectivity index (χ3n) is 3.43. The summed E-state index contributed by atoms with van der Waals surface area (Å²) in [7, 11) is 0. The maximum absolute atomic E-state index is 10.8. The standard InChI is InChI=1S/C15H18ClIN2O/c1-4-19-13(14(16)10(2)18-19)9-15(3,20)11-5-7-12(17)8-6-11/h5-8,20H,4,9H2,1-3H3. The summed E-state index contributed by atoms with van der Waals surface area (Å²) in [5.41, 5.74) is 1.61. The van der Waals surface area contributed by atoms with E-state index in [4.69, 9.17) is 11.6 Å². The fraction of sp³-hybridized carbons (Fsp3) is 0.400. The largest absolute Gasteiger partial charge is 0.385 e. The smallest absolute Gasteiger partial charge is 0.0924 e. The van der Waals surface area contributed by atoms with E-state index in [1.165, 1.54) is 0 Å². The van der Waals surface area contributed by atoms with Crippen molar-refractivity contribution in [3.8, 4) is 0 Å². The Morgan fingerprint density at radius 2 is 1.95 bits per heavy atom. The molecule has 5 heteroatoms. The van der Waals surface area contributed by atoms with E-state index in [9.17, 15) is 5.11 Å². The molecule has 1 unspecified atom stereocenters. The van der Waals surface area contributed by atoms with E-state index in [0.29, 0.717) is 11.4 Å². The van der Waals surface area contributed by atoms with Gasteiger partial charge in [-0.05, 0) is 61.1 Å². The molecule has 2 rings (SSSR count). The fourth-order valence-corrected chi connectivity index (χ4v) is 2.84. The molecule has 0 spiro atoms. The van der Waals surface area contributed by atoms with Crippen molar-refractivity contribution >= 4 is 34.2 Å². The van der Waals surface area contributed by atoms with Gasteiger partial charge in [-0.15, -0.1) is 0 Å². The van der Waals surface area contributed by atoms with E-state index in [1.54, 1.807) is 0 Å². The molecule has 1 N–H and O–H groups in total. The van der Waals surface area contributed by atoms with E-state index in [0.717, 1.165) is 27.1 Å². The van der Waals surface area contributed by atoms with Gasteiger partial charge < -0.3 is 5.11 Å². The molecule has 1 aromatic carbocycles. The van der Waals surface area contributed by atoms with Crippen molar-refractivity contribution in [1.29, 1.82) is 0 Å². The van der Waals surface area contributed by atoms with Crippen molar-refractivity contribution in [2.24, 2.45) is 0 Å². The number of rotatable bonds is 4. The number of halogens is 2. The Labute approximate surface area is 138 Å². The number of benzene rings is 1. The molecule has 1 aromatic heterocycles. The summed E-state index contributed by atoms with van der Waals surface area (Å²) < 4.78 is 3.01. The van der Waals surface area contributed by atoms with Gasteiger partial charge in [0, 0.05) is 16.5 Å². The Hall–Kier alpha value is -0.590. The molecule has 1 atom stereocenters.